The van der Waals surface area contributed by atoms with Crippen molar-refractivity contribution in [3.05, 3.63) is 28.2 Å². The third-order valence-electron chi connectivity index (χ3n) is 3.27. The molecule has 1 aliphatic heterocycles. The van der Waals surface area contributed by atoms with Gasteiger partial charge in [0.15, 0.2) is 0 Å². The highest BCUT2D eigenvalue weighted by Crippen LogP contribution is 2.28. The molecule has 19 heavy (non-hydrogen) atoms. The van der Waals surface area contributed by atoms with Crippen LogP contribution in [-0.2, 0) is 10.0 Å². The molecule has 0 saturated carbocycles. The van der Waals surface area contributed by atoms with Gasteiger partial charge in [0.1, 0.15) is 0 Å². The first-order valence-electron chi connectivity index (χ1n) is 5.95. The molecule has 0 unspecified atom stereocenters. The van der Waals surface area contributed by atoms with E-state index in [2.05, 4.69) is 15.9 Å². The van der Waals surface area contributed by atoms with E-state index >= 15 is 0 Å². The van der Waals surface area contributed by atoms with Crippen LogP contribution in [0.1, 0.15) is 12.8 Å². The Bertz CT molecular complexity index is 537. The van der Waals surface area contributed by atoms with Gasteiger partial charge >= 0.3 is 0 Å². The van der Waals surface area contributed by atoms with Gasteiger partial charge in [0.05, 0.1) is 4.90 Å². The molecule has 0 radical (unpaired) electrons. The summed E-state index contributed by atoms with van der Waals surface area (Å²) in [6.07, 6.45) is 1.75. The summed E-state index contributed by atoms with van der Waals surface area (Å²) in [5.41, 5.74) is 0. The van der Waals surface area contributed by atoms with Crippen LogP contribution in [0.4, 0.5) is 0 Å². The van der Waals surface area contributed by atoms with Gasteiger partial charge in [-0.3, -0.25) is 0 Å². The molecule has 1 heterocycles. The number of benzene rings is 1. The molecule has 1 aromatic rings. The first kappa shape index (κ1) is 15.6. The van der Waals surface area contributed by atoms with Gasteiger partial charge in [-0.05, 0) is 37.0 Å². The van der Waals surface area contributed by atoms with E-state index in [9.17, 15) is 8.42 Å². The van der Waals surface area contributed by atoms with Crippen LogP contribution in [0.15, 0.2) is 23.1 Å². The van der Waals surface area contributed by atoms with Crippen molar-refractivity contribution in [3.8, 4) is 0 Å². The van der Waals surface area contributed by atoms with Gasteiger partial charge in [-0.25, -0.2) is 8.42 Å². The molecule has 106 valence electrons. The van der Waals surface area contributed by atoms with Gasteiger partial charge in [0, 0.05) is 28.5 Å². The summed E-state index contributed by atoms with van der Waals surface area (Å²) in [5, 5.41) is 1.59. The van der Waals surface area contributed by atoms with Gasteiger partial charge in [-0.2, -0.15) is 4.31 Å². The van der Waals surface area contributed by atoms with E-state index in [1.54, 1.807) is 0 Å². The Kier molecular flexibility index (Phi) is 5.17. The van der Waals surface area contributed by atoms with Crippen LogP contribution in [0.2, 0.25) is 10.0 Å². The van der Waals surface area contributed by atoms with Crippen molar-refractivity contribution in [2.75, 3.05) is 18.4 Å². The molecule has 0 bridgehead atoms. The molecule has 1 saturated heterocycles. The van der Waals surface area contributed by atoms with Crippen LogP contribution >= 0.6 is 39.1 Å². The highest BCUT2D eigenvalue weighted by atomic mass is 79.9. The summed E-state index contributed by atoms with van der Waals surface area (Å²) < 4.78 is 26.5. The van der Waals surface area contributed by atoms with Crippen molar-refractivity contribution >= 4 is 49.2 Å². The molecule has 1 aliphatic rings. The van der Waals surface area contributed by atoms with Gasteiger partial charge in [-0.1, -0.05) is 39.1 Å². The van der Waals surface area contributed by atoms with Crippen LogP contribution in [0, 0.1) is 5.92 Å². The maximum atomic E-state index is 12.5. The summed E-state index contributed by atoms with van der Waals surface area (Å²) in [5.74, 6) is 0.550. The van der Waals surface area contributed by atoms with Gasteiger partial charge in [0.2, 0.25) is 10.0 Å². The largest absolute Gasteiger partial charge is 0.243 e. The molecule has 0 amide bonds. The number of hydrogen-bond acceptors (Lipinski definition) is 2. The van der Waals surface area contributed by atoms with Crippen molar-refractivity contribution in [2.24, 2.45) is 5.92 Å². The van der Waals surface area contributed by atoms with Crippen molar-refractivity contribution < 1.29 is 8.42 Å². The number of alkyl halides is 1. The molecular weight excluding hydrogens is 373 g/mol. The third-order valence-corrected chi connectivity index (χ3v) is 6.49. The molecule has 7 heteroatoms. The van der Waals surface area contributed by atoms with Gasteiger partial charge in [-0.15, -0.1) is 0 Å². The number of piperidine rings is 1. The minimum Gasteiger partial charge on any atom is -0.207 e. The fourth-order valence-electron chi connectivity index (χ4n) is 2.13. The van der Waals surface area contributed by atoms with E-state index < -0.39 is 10.0 Å². The molecule has 0 aromatic heterocycles. The SMILES string of the molecule is O=S(=O)(c1cc(Cl)cc(Cl)c1)N1CCC(CBr)CC1. The zero-order valence-electron chi connectivity index (χ0n) is 10.2. The molecule has 1 fully saturated rings. The highest BCUT2D eigenvalue weighted by Gasteiger charge is 2.29. The Morgan fingerprint density at radius 2 is 1.68 bits per heavy atom. The van der Waals surface area contributed by atoms with Gasteiger partial charge in [0.25, 0.3) is 0 Å². The fourth-order valence-corrected chi connectivity index (χ4v) is 4.97. The molecule has 2 rings (SSSR count). The second-order valence-corrected chi connectivity index (χ2v) is 8.07. The Balaban J connectivity index is 2.23. The van der Waals surface area contributed by atoms with E-state index in [-0.39, 0.29) is 4.90 Å². The van der Waals surface area contributed by atoms with Crippen molar-refractivity contribution in [2.45, 2.75) is 17.7 Å². The van der Waals surface area contributed by atoms with E-state index in [1.807, 2.05) is 0 Å². The van der Waals surface area contributed by atoms with Crippen LogP contribution in [0.3, 0.4) is 0 Å². The number of halogens is 3. The Hall–Kier alpha value is 0.190. The van der Waals surface area contributed by atoms with Crippen molar-refractivity contribution in [1.29, 1.82) is 0 Å². The highest BCUT2D eigenvalue weighted by molar-refractivity contribution is 9.09. The maximum absolute atomic E-state index is 12.5. The molecule has 1 aromatic carbocycles. The molecule has 0 N–H and O–H groups in total. The average Bonchev–Trinajstić information content (AvgIpc) is 2.37. The monoisotopic (exact) mass is 385 g/mol. The van der Waals surface area contributed by atoms with Crippen molar-refractivity contribution in [3.63, 3.8) is 0 Å². The fraction of sp³-hybridized carbons (Fsp3) is 0.500. The first-order valence-corrected chi connectivity index (χ1v) is 9.27. The molecular formula is C12H14BrCl2NO2S. The second-order valence-electron chi connectivity index (χ2n) is 4.61. The molecule has 0 atom stereocenters. The van der Waals surface area contributed by atoms with E-state index in [4.69, 9.17) is 23.2 Å². The van der Waals surface area contributed by atoms with E-state index in [0.717, 1.165) is 18.2 Å². The predicted molar refractivity (Wildman–Crippen MR) is 81.7 cm³/mol. The summed E-state index contributed by atoms with van der Waals surface area (Å²) >= 11 is 15.2. The standard InChI is InChI=1S/C12H14BrCl2NO2S/c13-8-9-1-3-16(4-2-9)19(17,18)12-6-10(14)5-11(15)7-12/h5-7,9H,1-4,8H2. The molecule has 0 aliphatic carbocycles. The topological polar surface area (TPSA) is 37.4 Å². The Morgan fingerprint density at radius 1 is 1.16 bits per heavy atom. The normalized spacial score (nSPS) is 18.7. The third kappa shape index (κ3) is 3.64. The average molecular weight is 387 g/mol. The van der Waals surface area contributed by atoms with Crippen LogP contribution in [0.25, 0.3) is 0 Å². The van der Waals surface area contributed by atoms with Crippen LogP contribution < -0.4 is 0 Å². The minimum atomic E-state index is -3.49. The first-order chi connectivity index (χ1) is 8.93. The number of hydrogen-bond donors (Lipinski definition) is 0. The van der Waals surface area contributed by atoms with E-state index in [1.165, 1.54) is 22.5 Å². The Labute approximate surface area is 132 Å². The second kappa shape index (κ2) is 6.31. The smallest absolute Gasteiger partial charge is 0.207 e. The van der Waals surface area contributed by atoms with Crippen molar-refractivity contribution in [1.82, 2.24) is 4.31 Å². The number of nitrogens with zero attached hydrogens (tertiary/aromatic N) is 1. The maximum Gasteiger partial charge on any atom is 0.243 e. The lowest BCUT2D eigenvalue weighted by Crippen LogP contribution is -2.38. The quantitative estimate of drug-likeness (QED) is 0.741. The zero-order chi connectivity index (χ0) is 14.0. The van der Waals surface area contributed by atoms with E-state index in [0.29, 0.717) is 29.1 Å². The Morgan fingerprint density at radius 3 is 2.16 bits per heavy atom. The number of sulfonamides is 1. The lowest BCUT2D eigenvalue weighted by Gasteiger charge is -2.30. The van der Waals surface area contributed by atoms with Crippen LogP contribution in [-0.4, -0.2) is 31.1 Å². The zero-order valence-corrected chi connectivity index (χ0v) is 14.1. The molecule has 3 nitrogen and oxygen atoms in total. The van der Waals surface area contributed by atoms with Gasteiger partial charge < -0.3 is 0 Å². The summed E-state index contributed by atoms with van der Waals surface area (Å²) in [6, 6.07) is 4.41. The lowest BCUT2D eigenvalue weighted by molar-refractivity contribution is 0.292. The summed E-state index contributed by atoms with van der Waals surface area (Å²) in [4.78, 5) is 0.169. The van der Waals surface area contributed by atoms with Crippen LogP contribution in [0.5, 0.6) is 0 Å². The number of rotatable bonds is 3. The summed E-state index contributed by atoms with van der Waals surface area (Å²) in [7, 11) is -3.49. The molecule has 0 spiro atoms. The predicted octanol–water partition coefficient (Wildman–Crippen LogP) is 3.79. The minimum absolute atomic E-state index is 0.169. The lowest BCUT2D eigenvalue weighted by atomic mass is 10.0. The summed E-state index contributed by atoms with van der Waals surface area (Å²) in [6.45, 7) is 1.09.